The molecule has 1 aromatic heterocycles. The molecule has 1 heterocycles. The van der Waals surface area contributed by atoms with E-state index in [2.05, 4.69) is 35.0 Å². The van der Waals surface area contributed by atoms with Gasteiger partial charge in [0.2, 0.25) is 5.82 Å². The van der Waals surface area contributed by atoms with Crippen LogP contribution in [0.2, 0.25) is 0 Å². The topological polar surface area (TPSA) is 51.4 Å². The van der Waals surface area contributed by atoms with E-state index in [4.69, 9.17) is 9.26 Å². The average molecular weight is 351 g/mol. The summed E-state index contributed by atoms with van der Waals surface area (Å²) in [6.07, 6.45) is 0. The zero-order valence-electron chi connectivity index (χ0n) is 15.8. The zero-order chi connectivity index (χ0) is 18.5. The predicted octanol–water partition coefficient (Wildman–Crippen LogP) is 4.47. The van der Waals surface area contributed by atoms with Crippen molar-refractivity contribution in [2.45, 2.75) is 19.8 Å². The van der Waals surface area contributed by atoms with Gasteiger partial charge in [0, 0.05) is 12.1 Å². The molecular formula is C21H25N3O2. The first-order valence-corrected chi connectivity index (χ1v) is 8.86. The summed E-state index contributed by atoms with van der Waals surface area (Å²) < 4.78 is 11.7. The van der Waals surface area contributed by atoms with Gasteiger partial charge in [-0.1, -0.05) is 61.5 Å². The Hall–Kier alpha value is -2.66. The minimum Gasteiger partial charge on any atom is -0.491 e. The molecule has 0 aliphatic heterocycles. The molecule has 2 aromatic carbocycles. The molecule has 0 saturated carbocycles. The Kier molecular flexibility index (Phi) is 5.68. The molecule has 26 heavy (non-hydrogen) atoms. The number of nitrogens with zero attached hydrogens (tertiary/aromatic N) is 3. The van der Waals surface area contributed by atoms with Crippen molar-refractivity contribution in [1.29, 1.82) is 0 Å². The fourth-order valence-corrected chi connectivity index (χ4v) is 2.71. The summed E-state index contributed by atoms with van der Waals surface area (Å²) in [5.74, 6) is 2.22. The molecule has 0 bridgehead atoms. The van der Waals surface area contributed by atoms with E-state index in [-0.39, 0.29) is 0 Å². The molecule has 5 heteroatoms. The van der Waals surface area contributed by atoms with E-state index in [1.807, 2.05) is 56.6 Å². The van der Waals surface area contributed by atoms with Crippen LogP contribution in [0.3, 0.4) is 0 Å². The van der Waals surface area contributed by atoms with Crippen LogP contribution in [0.15, 0.2) is 53.1 Å². The summed E-state index contributed by atoms with van der Waals surface area (Å²) in [5.41, 5.74) is 2.91. The van der Waals surface area contributed by atoms with Gasteiger partial charge in [0.1, 0.15) is 12.4 Å². The number of benzene rings is 2. The van der Waals surface area contributed by atoms with Crippen LogP contribution in [0, 0.1) is 0 Å². The van der Waals surface area contributed by atoms with Crippen LogP contribution >= 0.6 is 0 Å². The number of ether oxygens (including phenoxy) is 1. The molecule has 0 aliphatic rings. The van der Waals surface area contributed by atoms with Gasteiger partial charge < -0.3 is 14.2 Å². The van der Waals surface area contributed by atoms with Gasteiger partial charge in [-0.15, -0.1) is 0 Å². The molecule has 0 fully saturated rings. The quantitative estimate of drug-likeness (QED) is 0.629. The number of rotatable bonds is 7. The second-order valence-electron chi connectivity index (χ2n) is 6.82. The number of hydrogen-bond acceptors (Lipinski definition) is 5. The minimum atomic E-state index is 0.334. The molecule has 3 aromatic rings. The fourth-order valence-electron chi connectivity index (χ4n) is 2.71. The predicted molar refractivity (Wildman–Crippen MR) is 103 cm³/mol. The van der Waals surface area contributed by atoms with E-state index in [0.29, 0.717) is 24.2 Å². The minimum absolute atomic E-state index is 0.334. The Labute approximate surface area is 154 Å². The lowest BCUT2D eigenvalue weighted by Gasteiger charge is -2.18. The van der Waals surface area contributed by atoms with Crippen molar-refractivity contribution in [3.05, 3.63) is 54.1 Å². The molecule has 0 atom stereocenters. The fraction of sp³-hybridized carbons (Fsp3) is 0.333. The van der Waals surface area contributed by atoms with Gasteiger partial charge in [0.05, 0.1) is 5.56 Å². The van der Waals surface area contributed by atoms with E-state index in [9.17, 15) is 0 Å². The first-order chi connectivity index (χ1) is 12.6. The van der Waals surface area contributed by atoms with Gasteiger partial charge in [-0.3, -0.25) is 0 Å². The van der Waals surface area contributed by atoms with Crippen LogP contribution in [0.4, 0.5) is 0 Å². The monoisotopic (exact) mass is 351 g/mol. The molecule has 0 radical (unpaired) electrons. The van der Waals surface area contributed by atoms with Crippen LogP contribution < -0.4 is 4.74 Å². The van der Waals surface area contributed by atoms with Crippen molar-refractivity contribution >= 4 is 0 Å². The Morgan fingerprint density at radius 2 is 1.81 bits per heavy atom. The zero-order valence-corrected chi connectivity index (χ0v) is 15.8. The van der Waals surface area contributed by atoms with E-state index in [1.165, 1.54) is 0 Å². The SMILES string of the molecule is CC(C)c1cccc(-c2nc(-c3ccccc3)no2)c1OCCN(C)C. The Balaban J connectivity index is 1.96. The third kappa shape index (κ3) is 4.11. The molecule has 5 nitrogen and oxygen atoms in total. The Morgan fingerprint density at radius 1 is 1.04 bits per heavy atom. The third-order valence-electron chi connectivity index (χ3n) is 4.14. The summed E-state index contributed by atoms with van der Waals surface area (Å²) in [5, 5.41) is 4.14. The Bertz CT molecular complexity index is 841. The maximum Gasteiger partial charge on any atom is 0.262 e. The van der Waals surface area contributed by atoms with Crippen LogP contribution in [-0.2, 0) is 0 Å². The maximum absolute atomic E-state index is 6.14. The molecule has 0 amide bonds. The number of likely N-dealkylation sites (N-methyl/N-ethyl adjacent to an activating group) is 1. The second-order valence-corrected chi connectivity index (χ2v) is 6.82. The van der Waals surface area contributed by atoms with Crippen molar-refractivity contribution < 1.29 is 9.26 Å². The summed E-state index contributed by atoms with van der Waals surface area (Å²) >= 11 is 0. The van der Waals surface area contributed by atoms with E-state index >= 15 is 0 Å². The van der Waals surface area contributed by atoms with Gasteiger partial charge in [-0.25, -0.2) is 0 Å². The highest BCUT2D eigenvalue weighted by atomic mass is 16.5. The lowest BCUT2D eigenvalue weighted by Crippen LogP contribution is -2.20. The molecular weight excluding hydrogens is 326 g/mol. The average Bonchev–Trinajstić information content (AvgIpc) is 3.12. The molecule has 136 valence electrons. The first-order valence-electron chi connectivity index (χ1n) is 8.86. The van der Waals surface area contributed by atoms with Crippen molar-refractivity contribution in [2.75, 3.05) is 27.2 Å². The van der Waals surface area contributed by atoms with E-state index < -0.39 is 0 Å². The summed E-state index contributed by atoms with van der Waals surface area (Å²) in [6, 6.07) is 15.9. The lowest BCUT2D eigenvalue weighted by molar-refractivity contribution is 0.259. The second kappa shape index (κ2) is 8.15. The first kappa shape index (κ1) is 18.1. The highest BCUT2D eigenvalue weighted by Crippen LogP contribution is 2.36. The summed E-state index contributed by atoms with van der Waals surface area (Å²) in [7, 11) is 4.06. The smallest absolute Gasteiger partial charge is 0.262 e. The normalized spacial score (nSPS) is 11.3. The summed E-state index contributed by atoms with van der Waals surface area (Å²) in [6.45, 7) is 5.75. The standard InChI is InChI=1S/C21H25N3O2/c1-15(2)17-11-8-12-18(19(17)25-14-13-24(3)4)21-22-20(23-26-21)16-9-6-5-7-10-16/h5-12,15H,13-14H2,1-4H3. The van der Waals surface area contributed by atoms with E-state index in [0.717, 1.165) is 29.0 Å². The molecule has 0 spiro atoms. The van der Waals surface area contributed by atoms with Gasteiger partial charge in [-0.05, 0) is 31.6 Å². The molecule has 0 unspecified atom stereocenters. The third-order valence-corrected chi connectivity index (χ3v) is 4.14. The Morgan fingerprint density at radius 3 is 2.50 bits per heavy atom. The number of hydrogen-bond donors (Lipinski definition) is 0. The van der Waals surface area contributed by atoms with Crippen molar-refractivity contribution in [1.82, 2.24) is 15.0 Å². The van der Waals surface area contributed by atoms with Gasteiger partial charge in [0.15, 0.2) is 0 Å². The maximum atomic E-state index is 6.14. The molecule has 0 aliphatic carbocycles. The molecule has 3 rings (SSSR count). The lowest BCUT2D eigenvalue weighted by atomic mass is 9.99. The highest BCUT2D eigenvalue weighted by molar-refractivity contribution is 5.67. The highest BCUT2D eigenvalue weighted by Gasteiger charge is 2.19. The summed E-state index contributed by atoms with van der Waals surface area (Å²) in [4.78, 5) is 6.68. The van der Waals surface area contributed by atoms with Crippen LogP contribution in [0.25, 0.3) is 22.8 Å². The van der Waals surface area contributed by atoms with Crippen molar-refractivity contribution in [3.63, 3.8) is 0 Å². The number of para-hydroxylation sites is 1. The number of aromatic nitrogens is 2. The largest absolute Gasteiger partial charge is 0.491 e. The van der Waals surface area contributed by atoms with Gasteiger partial charge >= 0.3 is 0 Å². The molecule has 0 N–H and O–H groups in total. The molecule has 0 saturated heterocycles. The van der Waals surface area contributed by atoms with E-state index in [1.54, 1.807) is 0 Å². The van der Waals surface area contributed by atoms with Crippen molar-refractivity contribution in [3.8, 4) is 28.6 Å². The van der Waals surface area contributed by atoms with Gasteiger partial charge in [-0.2, -0.15) is 4.98 Å². The van der Waals surface area contributed by atoms with Crippen LogP contribution in [-0.4, -0.2) is 42.3 Å². The van der Waals surface area contributed by atoms with Crippen LogP contribution in [0.1, 0.15) is 25.3 Å². The van der Waals surface area contributed by atoms with Gasteiger partial charge in [0.25, 0.3) is 5.89 Å². The van der Waals surface area contributed by atoms with Crippen molar-refractivity contribution in [2.24, 2.45) is 0 Å². The van der Waals surface area contributed by atoms with Crippen LogP contribution in [0.5, 0.6) is 5.75 Å².